The van der Waals surface area contributed by atoms with Crippen molar-refractivity contribution in [3.05, 3.63) is 66.2 Å². The van der Waals surface area contributed by atoms with Crippen LogP contribution in [-0.4, -0.2) is 41.4 Å². The lowest BCUT2D eigenvalue weighted by molar-refractivity contribution is -0.121. The number of amides is 1. The highest BCUT2D eigenvalue weighted by Crippen LogP contribution is 2.13. The smallest absolute Gasteiger partial charge is 0.220 e. The summed E-state index contributed by atoms with van der Waals surface area (Å²) in [7, 11) is 0. The molecule has 0 aliphatic heterocycles. The van der Waals surface area contributed by atoms with Gasteiger partial charge in [0.1, 0.15) is 0 Å². The van der Waals surface area contributed by atoms with Crippen molar-refractivity contribution in [2.24, 2.45) is 5.18 Å². The van der Waals surface area contributed by atoms with Crippen LogP contribution in [0.4, 0.5) is 0 Å². The lowest BCUT2D eigenvalue weighted by atomic mass is 10.0. The van der Waals surface area contributed by atoms with E-state index >= 15 is 0 Å². The molecular formula is C38H66N2O4. The van der Waals surface area contributed by atoms with Crippen LogP contribution in [0, 0.1) is 4.91 Å². The van der Waals surface area contributed by atoms with Crippen LogP contribution in [0.3, 0.4) is 0 Å². The fourth-order valence-corrected chi connectivity index (χ4v) is 4.95. The van der Waals surface area contributed by atoms with Crippen molar-refractivity contribution < 1.29 is 15.0 Å². The maximum atomic E-state index is 11.5. The first-order chi connectivity index (χ1) is 21.6. The molecule has 3 N–H and O–H groups in total. The highest BCUT2D eigenvalue weighted by Gasteiger charge is 2.07. The van der Waals surface area contributed by atoms with Gasteiger partial charge in [-0.25, -0.2) is 0 Å². The number of nitrogens with zero attached hydrogens (tertiary/aromatic N) is 1. The topological polar surface area (TPSA) is 99.0 Å². The molecule has 0 rings (SSSR count). The SMILES string of the molecule is C=CCCCCCCC/C=C/CC/C=C/CCCC/C=C/CCCCC(C/C=C/CCC(O)CCCC(=O)NCCO)N=O. The zero-order valence-corrected chi connectivity index (χ0v) is 27.9. The molecule has 0 bridgehead atoms. The molecule has 0 aromatic carbocycles. The van der Waals surface area contributed by atoms with E-state index in [0.29, 0.717) is 32.1 Å². The number of hydrogen-bond acceptors (Lipinski definition) is 5. The van der Waals surface area contributed by atoms with Gasteiger partial charge >= 0.3 is 0 Å². The fourth-order valence-electron chi connectivity index (χ4n) is 4.95. The number of carbonyl (C=O) groups is 1. The monoisotopic (exact) mass is 615 g/mol. The van der Waals surface area contributed by atoms with Gasteiger partial charge in [0.25, 0.3) is 0 Å². The summed E-state index contributed by atoms with van der Waals surface area (Å²) in [5.41, 5.74) is 0. The average molecular weight is 615 g/mol. The van der Waals surface area contributed by atoms with Crippen LogP contribution in [0.15, 0.2) is 66.4 Å². The van der Waals surface area contributed by atoms with Gasteiger partial charge in [0.05, 0.1) is 18.8 Å². The second-order valence-corrected chi connectivity index (χ2v) is 11.9. The Balaban J connectivity index is 3.58. The number of nitrogens with one attached hydrogen (secondary N) is 1. The quantitative estimate of drug-likeness (QED) is 0.0389. The van der Waals surface area contributed by atoms with Crippen molar-refractivity contribution in [1.29, 1.82) is 0 Å². The van der Waals surface area contributed by atoms with Gasteiger partial charge < -0.3 is 15.5 Å². The highest BCUT2D eigenvalue weighted by atomic mass is 16.3. The average Bonchev–Trinajstić information content (AvgIpc) is 3.02. The summed E-state index contributed by atoms with van der Waals surface area (Å²) >= 11 is 0. The first-order valence-electron chi connectivity index (χ1n) is 17.7. The van der Waals surface area contributed by atoms with E-state index < -0.39 is 6.10 Å². The Hall–Kier alpha value is -2.31. The summed E-state index contributed by atoms with van der Waals surface area (Å²) in [6.45, 7) is 3.99. The standard InChI is InChI=1S/C38H66N2O4/c1-2-3-4-5-6-7-8-9-10-11-12-13-14-15-16-17-18-19-20-21-22-23-25-29-36(40-44)30-26-24-27-31-37(42)32-28-33-38(43)39-34-35-41/h2,10-11,14-15,20-21,24,26,36-37,41-42H,1,3-9,12-13,16-19,22-23,25,27-35H2,(H,39,43)/b11-10+,15-14+,21-20+,26-24+. The molecule has 0 radical (unpaired) electrons. The summed E-state index contributed by atoms with van der Waals surface area (Å²) in [6, 6.07) is -0.172. The Morgan fingerprint density at radius 1 is 0.636 bits per heavy atom. The van der Waals surface area contributed by atoms with Gasteiger partial charge in [-0.15, -0.1) is 6.58 Å². The molecule has 0 aliphatic rings. The molecule has 0 saturated heterocycles. The zero-order valence-electron chi connectivity index (χ0n) is 27.9. The van der Waals surface area contributed by atoms with Gasteiger partial charge in [-0.05, 0) is 116 Å². The van der Waals surface area contributed by atoms with Gasteiger partial charge in [-0.2, -0.15) is 4.91 Å². The summed E-state index contributed by atoms with van der Waals surface area (Å²) in [6.07, 6.45) is 43.3. The third-order valence-electron chi connectivity index (χ3n) is 7.69. The van der Waals surface area contributed by atoms with E-state index in [4.69, 9.17) is 5.11 Å². The molecule has 0 spiro atoms. The third kappa shape index (κ3) is 32.6. The molecule has 2 unspecified atom stereocenters. The van der Waals surface area contributed by atoms with Crippen molar-refractivity contribution in [1.82, 2.24) is 5.32 Å². The van der Waals surface area contributed by atoms with Crippen LogP contribution >= 0.6 is 0 Å². The van der Waals surface area contributed by atoms with Gasteiger partial charge in [0, 0.05) is 13.0 Å². The third-order valence-corrected chi connectivity index (χ3v) is 7.69. The fraction of sp³-hybridized carbons (Fsp3) is 0.711. The number of carbonyl (C=O) groups excluding carboxylic acids is 1. The summed E-state index contributed by atoms with van der Waals surface area (Å²) in [5, 5.41) is 24.6. The molecule has 0 aromatic heterocycles. The molecule has 1 amide bonds. The van der Waals surface area contributed by atoms with E-state index in [0.717, 1.165) is 57.8 Å². The molecule has 252 valence electrons. The predicted octanol–water partition coefficient (Wildman–Crippen LogP) is 9.97. The highest BCUT2D eigenvalue weighted by molar-refractivity contribution is 5.75. The van der Waals surface area contributed by atoms with Crippen LogP contribution in [0.25, 0.3) is 0 Å². The molecule has 0 saturated carbocycles. The second-order valence-electron chi connectivity index (χ2n) is 11.9. The van der Waals surface area contributed by atoms with Crippen LogP contribution in [-0.2, 0) is 4.79 Å². The van der Waals surface area contributed by atoms with E-state index in [1.54, 1.807) is 0 Å². The van der Waals surface area contributed by atoms with E-state index in [-0.39, 0.29) is 25.1 Å². The Kier molecular flexibility index (Phi) is 33.3. The van der Waals surface area contributed by atoms with Crippen molar-refractivity contribution >= 4 is 5.91 Å². The first-order valence-corrected chi connectivity index (χ1v) is 17.7. The second kappa shape index (κ2) is 35.2. The minimum atomic E-state index is -0.430. The molecule has 6 heteroatoms. The number of unbranched alkanes of at least 4 members (excludes halogenated alkanes) is 12. The Bertz CT molecular complexity index is 775. The number of rotatable bonds is 33. The van der Waals surface area contributed by atoms with Crippen LogP contribution in [0.5, 0.6) is 0 Å². The van der Waals surface area contributed by atoms with Gasteiger partial charge in [0.2, 0.25) is 5.91 Å². The van der Waals surface area contributed by atoms with Crippen molar-refractivity contribution in [2.45, 2.75) is 160 Å². The molecule has 0 fully saturated rings. The largest absolute Gasteiger partial charge is 0.395 e. The minimum Gasteiger partial charge on any atom is -0.395 e. The van der Waals surface area contributed by atoms with Gasteiger partial charge in [-0.3, -0.25) is 4.79 Å². The van der Waals surface area contributed by atoms with E-state index in [9.17, 15) is 14.8 Å². The van der Waals surface area contributed by atoms with E-state index in [2.05, 4.69) is 53.5 Å². The lowest BCUT2D eigenvalue weighted by Gasteiger charge is -2.09. The molecule has 0 heterocycles. The van der Waals surface area contributed by atoms with Gasteiger partial charge in [0.15, 0.2) is 0 Å². The number of aliphatic hydroxyl groups is 2. The molecule has 2 atom stereocenters. The van der Waals surface area contributed by atoms with Crippen molar-refractivity contribution in [3.8, 4) is 0 Å². The summed E-state index contributed by atoms with van der Waals surface area (Å²) in [5.74, 6) is -0.0923. The first kappa shape index (κ1) is 41.7. The Morgan fingerprint density at radius 3 is 1.75 bits per heavy atom. The van der Waals surface area contributed by atoms with Gasteiger partial charge in [-0.1, -0.05) is 85.5 Å². The Labute approximate surface area is 270 Å². The predicted molar refractivity (Wildman–Crippen MR) is 189 cm³/mol. The molecule has 6 nitrogen and oxygen atoms in total. The van der Waals surface area contributed by atoms with Crippen LogP contribution in [0.2, 0.25) is 0 Å². The minimum absolute atomic E-state index is 0.0610. The van der Waals surface area contributed by atoms with Crippen molar-refractivity contribution in [2.75, 3.05) is 13.2 Å². The Morgan fingerprint density at radius 2 is 1.16 bits per heavy atom. The maximum absolute atomic E-state index is 11.5. The maximum Gasteiger partial charge on any atom is 0.220 e. The number of aliphatic hydroxyl groups excluding tert-OH is 2. The van der Waals surface area contributed by atoms with E-state index in [1.165, 1.54) is 57.8 Å². The number of nitroso groups, excluding NO2 is 1. The normalized spacial score (nSPS) is 13.4. The number of allylic oxidation sites excluding steroid dienone is 8. The summed E-state index contributed by atoms with van der Waals surface area (Å²) < 4.78 is 0. The van der Waals surface area contributed by atoms with E-state index in [1.807, 2.05) is 18.2 Å². The van der Waals surface area contributed by atoms with Crippen LogP contribution < -0.4 is 5.32 Å². The molecule has 0 aliphatic carbocycles. The lowest BCUT2D eigenvalue weighted by Crippen LogP contribution is -2.26. The van der Waals surface area contributed by atoms with Crippen LogP contribution in [0.1, 0.15) is 148 Å². The van der Waals surface area contributed by atoms with Crippen molar-refractivity contribution in [3.63, 3.8) is 0 Å². The molecular weight excluding hydrogens is 548 g/mol. The number of hydrogen-bond donors (Lipinski definition) is 3. The molecule has 44 heavy (non-hydrogen) atoms. The molecule has 0 aromatic rings. The zero-order chi connectivity index (χ0) is 32.2. The summed E-state index contributed by atoms with van der Waals surface area (Å²) in [4.78, 5) is 22.7.